The lowest BCUT2D eigenvalue weighted by Gasteiger charge is -2.43. The zero-order chi connectivity index (χ0) is 45.6. The minimum absolute atomic E-state index is 0.0959. The van der Waals surface area contributed by atoms with E-state index in [0.717, 1.165) is 74.8 Å². The van der Waals surface area contributed by atoms with E-state index in [-0.39, 0.29) is 40.9 Å². The Morgan fingerprint density at radius 1 is 0.969 bits per heavy atom. The van der Waals surface area contributed by atoms with Crippen molar-refractivity contribution in [3.05, 3.63) is 54.4 Å². The van der Waals surface area contributed by atoms with Crippen LogP contribution in [-0.4, -0.2) is 139 Å². The van der Waals surface area contributed by atoms with E-state index in [2.05, 4.69) is 55.8 Å². The molecule has 350 valence electrons. The van der Waals surface area contributed by atoms with Crippen LogP contribution < -0.4 is 15.4 Å². The van der Waals surface area contributed by atoms with Crippen molar-refractivity contribution in [2.24, 2.45) is 23.2 Å². The molecule has 3 aromatic carbocycles. The maximum Gasteiger partial charge on any atom is 0.573 e. The van der Waals surface area contributed by atoms with Crippen molar-refractivity contribution < 1.29 is 41.8 Å². The van der Waals surface area contributed by atoms with E-state index in [1.165, 1.54) is 13.2 Å². The first-order valence-electron chi connectivity index (χ1n) is 23.2. The predicted molar refractivity (Wildman–Crippen MR) is 240 cm³/mol. The number of aromatic nitrogens is 2. The third-order valence-corrected chi connectivity index (χ3v) is 14.6. The van der Waals surface area contributed by atoms with Gasteiger partial charge in [-0.25, -0.2) is 9.78 Å². The van der Waals surface area contributed by atoms with Crippen molar-refractivity contribution in [3.63, 3.8) is 0 Å². The zero-order valence-corrected chi connectivity index (χ0v) is 37.7. The lowest BCUT2D eigenvalue weighted by molar-refractivity contribution is -0.274. The second kappa shape index (κ2) is 18.3. The van der Waals surface area contributed by atoms with Crippen LogP contribution >= 0.6 is 0 Å². The monoisotopic (exact) mass is 902 g/mol. The van der Waals surface area contributed by atoms with Crippen LogP contribution in [0, 0.1) is 23.2 Å². The van der Waals surface area contributed by atoms with E-state index in [1.807, 2.05) is 29.2 Å². The van der Waals surface area contributed by atoms with Gasteiger partial charge in [0.1, 0.15) is 17.6 Å². The number of H-pyrrole nitrogens is 1. The minimum atomic E-state index is -4.90. The maximum atomic E-state index is 14.3. The molecular weight excluding hydrogens is 842 g/mol. The Morgan fingerprint density at radius 2 is 1.71 bits per heavy atom. The number of piperidine rings is 1. The Kier molecular flexibility index (Phi) is 12.7. The summed E-state index contributed by atoms with van der Waals surface area (Å²) in [4.78, 5) is 56.7. The normalized spacial score (nSPS) is 24.0. The summed E-state index contributed by atoms with van der Waals surface area (Å²) in [6.07, 6.45) is -0.646. The molecule has 4 aromatic rings. The standard InChI is InChI=1S/C48H61F3N8O6/c1-29-23-39(59(27-29)45(61)41(55-46(62)63-4)30-13-21-64-22-14-30)43-53-38-10-6-32-24-31(5-8-36(32)42(38)54-43)35-9-7-33(25-40(35)65-48(49,50)51)52-28-56-17-19-57(20-18-56)34-11-15-58(16-12-34)44(60)37-26-47(37,2)3/h5-10,24-25,29-30,34,37,39,41,52H,11-23,26-28H2,1-4H3,(H,53,54)(H,55,62). The number of methoxy groups -OCH3 is 1. The number of hydrogen-bond donors (Lipinski definition) is 3. The van der Waals surface area contributed by atoms with Crippen LogP contribution in [0.15, 0.2) is 48.5 Å². The van der Waals surface area contributed by atoms with E-state index in [4.69, 9.17) is 14.5 Å². The fourth-order valence-corrected chi connectivity index (χ4v) is 10.6. The van der Waals surface area contributed by atoms with E-state index < -0.39 is 18.5 Å². The zero-order valence-electron chi connectivity index (χ0n) is 37.7. The molecule has 4 saturated heterocycles. The number of carbonyl (C=O) groups excluding carboxylic acids is 3. The molecule has 0 spiro atoms. The molecule has 1 aromatic heterocycles. The van der Waals surface area contributed by atoms with Crippen LogP contribution in [0.2, 0.25) is 0 Å². The third kappa shape index (κ3) is 9.87. The fourth-order valence-electron chi connectivity index (χ4n) is 10.6. The van der Waals surface area contributed by atoms with E-state index in [0.29, 0.717) is 85.8 Å². The number of hydrogen-bond acceptors (Lipinski definition) is 10. The number of aromatic amines is 1. The van der Waals surface area contributed by atoms with Crippen molar-refractivity contribution in [3.8, 4) is 16.9 Å². The largest absolute Gasteiger partial charge is 0.573 e. The highest BCUT2D eigenvalue weighted by Gasteiger charge is 2.52. The van der Waals surface area contributed by atoms with Crippen molar-refractivity contribution >= 4 is 45.4 Å². The Hall–Kier alpha value is -5.13. The average Bonchev–Trinajstić information content (AvgIpc) is 3.56. The quantitative estimate of drug-likeness (QED) is 0.140. The van der Waals surface area contributed by atoms with Gasteiger partial charge in [-0.3, -0.25) is 19.4 Å². The molecular formula is C48H61F3N8O6. The summed E-state index contributed by atoms with van der Waals surface area (Å²) in [6, 6.07) is 13.5. The molecule has 0 radical (unpaired) electrons. The van der Waals surface area contributed by atoms with Gasteiger partial charge in [-0.2, -0.15) is 0 Å². The maximum absolute atomic E-state index is 14.3. The molecule has 1 aliphatic carbocycles. The van der Waals surface area contributed by atoms with Crippen molar-refractivity contribution in [2.75, 3.05) is 78.1 Å². The minimum Gasteiger partial charge on any atom is -0.453 e. The molecule has 65 heavy (non-hydrogen) atoms. The first-order valence-corrected chi connectivity index (χ1v) is 23.2. The van der Waals surface area contributed by atoms with Gasteiger partial charge in [0.05, 0.1) is 30.9 Å². The number of fused-ring (bicyclic) bond motifs is 3. The summed E-state index contributed by atoms with van der Waals surface area (Å²) in [7, 11) is 1.28. The topological polar surface area (TPSA) is 145 Å². The number of piperazine rings is 1. The summed E-state index contributed by atoms with van der Waals surface area (Å²) in [6.45, 7) is 13.5. The van der Waals surface area contributed by atoms with E-state index in [9.17, 15) is 27.6 Å². The number of amides is 3. The number of nitrogens with zero attached hydrogens (tertiary/aromatic N) is 5. The van der Waals surface area contributed by atoms with Crippen molar-refractivity contribution in [1.29, 1.82) is 0 Å². The Labute approximate surface area is 377 Å². The second-order valence-corrected chi connectivity index (χ2v) is 19.5. The fraction of sp³-hybridized carbons (Fsp3) is 0.583. The summed E-state index contributed by atoms with van der Waals surface area (Å²) in [5.74, 6) is 0.732. The number of nitrogens with one attached hydrogen (secondary N) is 3. The molecule has 3 amide bonds. The van der Waals surface area contributed by atoms with Crippen LogP contribution in [0.1, 0.15) is 71.2 Å². The summed E-state index contributed by atoms with van der Waals surface area (Å²) < 4.78 is 56.8. The van der Waals surface area contributed by atoms with Gasteiger partial charge in [0, 0.05) is 93.7 Å². The van der Waals surface area contributed by atoms with Crippen LogP contribution in [0.5, 0.6) is 5.75 Å². The summed E-state index contributed by atoms with van der Waals surface area (Å²) in [5, 5.41) is 7.72. The summed E-state index contributed by atoms with van der Waals surface area (Å²) in [5.41, 5.74) is 2.97. The van der Waals surface area contributed by atoms with E-state index >= 15 is 0 Å². The Balaban J connectivity index is 0.866. The number of rotatable bonds is 11. The van der Waals surface area contributed by atoms with Gasteiger partial charge in [-0.05, 0) is 91.0 Å². The van der Waals surface area contributed by atoms with Gasteiger partial charge in [0.2, 0.25) is 11.8 Å². The van der Waals surface area contributed by atoms with Crippen LogP contribution in [-0.2, 0) is 19.1 Å². The molecule has 5 aliphatic rings. The predicted octanol–water partition coefficient (Wildman–Crippen LogP) is 7.37. The number of alkyl carbamates (subject to hydrolysis) is 1. The number of imidazole rings is 1. The number of carbonyl (C=O) groups is 3. The molecule has 4 aliphatic heterocycles. The van der Waals surface area contributed by atoms with Crippen molar-refractivity contribution in [2.45, 2.75) is 83.8 Å². The number of likely N-dealkylation sites (tertiary alicyclic amines) is 2. The van der Waals surface area contributed by atoms with Gasteiger partial charge >= 0.3 is 12.5 Å². The van der Waals surface area contributed by atoms with Gasteiger partial charge in [-0.1, -0.05) is 39.0 Å². The van der Waals surface area contributed by atoms with E-state index in [1.54, 1.807) is 18.2 Å². The highest BCUT2D eigenvalue weighted by Crippen LogP contribution is 2.52. The van der Waals surface area contributed by atoms with Crippen LogP contribution in [0.3, 0.4) is 0 Å². The molecule has 4 unspecified atom stereocenters. The SMILES string of the molecule is COC(=O)NC(C(=O)N1CC(C)CC1c1nc2c(ccc3cc(-c4ccc(NCN5CCN(C6CCN(C(=O)C7CC7(C)C)CC6)CC5)cc4OC(F)(F)F)ccc32)[nH]1)C1CCOCC1. The number of ether oxygens (including phenoxy) is 3. The molecule has 3 N–H and O–H groups in total. The smallest absolute Gasteiger partial charge is 0.453 e. The molecule has 4 atom stereocenters. The highest BCUT2D eigenvalue weighted by atomic mass is 19.4. The van der Waals surface area contributed by atoms with Gasteiger partial charge < -0.3 is 39.6 Å². The number of halogens is 3. The second-order valence-electron chi connectivity index (χ2n) is 19.5. The number of alkyl halides is 3. The number of benzene rings is 3. The molecule has 0 bridgehead atoms. The van der Waals surface area contributed by atoms with Crippen LogP contribution in [0.4, 0.5) is 23.7 Å². The average molecular weight is 903 g/mol. The molecule has 17 heteroatoms. The highest BCUT2D eigenvalue weighted by molar-refractivity contribution is 6.05. The molecule has 9 rings (SSSR count). The third-order valence-electron chi connectivity index (χ3n) is 14.6. The first kappa shape index (κ1) is 45.0. The summed E-state index contributed by atoms with van der Waals surface area (Å²) >= 11 is 0. The van der Waals surface area contributed by atoms with Crippen molar-refractivity contribution in [1.82, 2.24) is 34.9 Å². The molecule has 5 heterocycles. The Morgan fingerprint density at radius 3 is 2.40 bits per heavy atom. The lowest BCUT2D eigenvalue weighted by atomic mass is 9.90. The molecule has 5 fully saturated rings. The van der Waals surface area contributed by atoms with Crippen LogP contribution in [0.25, 0.3) is 32.9 Å². The lowest BCUT2D eigenvalue weighted by Crippen LogP contribution is -2.54. The Bertz CT molecular complexity index is 2390. The first-order chi connectivity index (χ1) is 31.1. The van der Waals surface area contributed by atoms with Gasteiger partial charge in [-0.15, -0.1) is 13.2 Å². The number of anilines is 1. The van der Waals surface area contributed by atoms with Gasteiger partial charge in [0.25, 0.3) is 0 Å². The van der Waals surface area contributed by atoms with Gasteiger partial charge in [0.15, 0.2) is 0 Å². The molecule has 14 nitrogen and oxygen atoms in total. The molecule has 1 saturated carbocycles.